The van der Waals surface area contributed by atoms with Crippen LogP contribution in [0.2, 0.25) is 0 Å². The van der Waals surface area contributed by atoms with Crippen LogP contribution in [0, 0.1) is 12.3 Å². The molecule has 2 unspecified atom stereocenters. The number of carboxylic acids is 1. The molecule has 2 amide bonds. The van der Waals surface area contributed by atoms with Crippen molar-refractivity contribution in [2.24, 2.45) is 0 Å². The number of carbonyl (C=O) groups excluding carboxylic acids is 2. The van der Waals surface area contributed by atoms with Crippen LogP contribution in [0.15, 0.2) is 0 Å². The Morgan fingerprint density at radius 1 is 1.55 bits per heavy atom. The van der Waals surface area contributed by atoms with Crippen molar-refractivity contribution in [3.05, 3.63) is 0 Å². The lowest BCUT2D eigenvalue weighted by molar-refractivity contribution is -0.147. The van der Waals surface area contributed by atoms with E-state index in [0.717, 1.165) is 0 Å². The molecule has 2 N–H and O–H groups in total. The quantitative estimate of drug-likeness (QED) is 0.554. The summed E-state index contributed by atoms with van der Waals surface area (Å²) < 4.78 is 4.90. The molecule has 1 aliphatic heterocycles. The molecule has 0 aromatic rings. The van der Waals surface area contributed by atoms with Gasteiger partial charge in [0.05, 0.1) is 6.61 Å². The van der Waals surface area contributed by atoms with Crippen LogP contribution in [0.5, 0.6) is 0 Å². The Balaban J connectivity index is 2.68. The van der Waals surface area contributed by atoms with Gasteiger partial charge in [0, 0.05) is 13.0 Å². The zero-order valence-corrected chi connectivity index (χ0v) is 11.3. The number of amides is 2. The first-order valence-corrected chi connectivity index (χ1v) is 6.41. The third-order valence-electron chi connectivity index (χ3n) is 2.99. The normalized spacial score (nSPS) is 19.0. The maximum Gasteiger partial charge on any atom is 0.328 e. The van der Waals surface area contributed by atoms with Gasteiger partial charge in [-0.05, 0) is 19.8 Å². The minimum Gasteiger partial charge on any atom is -0.480 e. The minimum absolute atomic E-state index is 0.112. The molecular weight excluding hydrogens is 264 g/mol. The summed E-state index contributed by atoms with van der Waals surface area (Å²) in [7, 11) is 0. The third-order valence-corrected chi connectivity index (χ3v) is 2.99. The molecule has 0 bridgehead atoms. The van der Waals surface area contributed by atoms with E-state index in [2.05, 4.69) is 11.2 Å². The molecule has 20 heavy (non-hydrogen) atoms. The fraction of sp³-hybridized carbons (Fsp3) is 0.615. The van der Waals surface area contributed by atoms with Gasteiger partial charge in [0.2, 0.25) is 0 Å². The summed E-state index contributed by atoms with van der Waals surface area (Å²) in [6.45, 7) is 2.31. The highest BCUT2D eigenvalue weighted by atomic mass is 16.5. The number of hydrogen-bond donors (Lipinski definition) is 2. The summed E-state index contributed by atoms with van der Waals surface area (Å²) in [5.41, 5.74) is 0. The Hall–Kier alpha value is -2.23. The molecule has 1 saturated heterocycles. The summed E-state index contributed by atoms with van der Waals surface area (Å²) in [5, 5.41) is 11.3. The molecule has 0 aromatic heterocycles. The van der Waals surface area contributed by atoms with Crippen molar-refractivity contribution in [1.29, 1.82) is 0 Å². The van der Waals surface area contributed by atoms with Gasteiger partial charge in [-0.3, -0.25) is 0 Å². The molecule has 7 nitrogen and oxygen atoms in total. The summed E-state index contributed by atoms with van der Waals surface area (Å²) in [5.74, 6) is 0.520. The van der Waals surface area contributed by atoms with E-state index in [1.165, 1.54) is 4.90 Å². The van der Waals surface area contributed by atoms with Gasteiger partial charge in [-0.1, -0.05) is 0 Å². The zero-order valence-electron chi connectivity index (χ0n) is 11.3. The molecule has 0 radical (unpaired) electrons. The maximum absolute atomic E-state index is 12.0. The Bertz CT molecular complexity index is 429. The number of rotatable bonds is 5. The number of nitrogens with zero attached hydrogens (tertiary/aromatic N) is 1. The van der Waals surface area contributed by atoms with Crippen molar-refractivity contribution >= 4 is 18.0 Å². The Kier molecular flexibility index (Phi) is 5.84. The van der Waals surface area contributed by atoms with E-state index in [1.807, 2.05) is 0 Å². The smallest absolute Gasteiger partial charge is 0.328 e. The molecule has 110 valence electrons. The maximum atomic E-state index is 12.0. The molecule has 1 fully saturated rings. The first-order valence-electron chi connectivity index (χ1n) is 6.41. The summed E-state index contributed by atoms with van der Waals surface area (Å²) in [6.07, 6.45) is 6.13. The van der Waals surface area contributed by atoms with Crippen LogP contribution < -0.4 is 5.32 Å². The third kappa shape index (κ3) is 3.88. The van der Waals surface area contributed by atoms with Gasteiger partial charge in [-0.15, -0.1) is 12.3 Å². The molecule has 7 heteroatoms. The van der Waals surface area contributed by atoms with Gasteiger partial charge in [0.1, 0.15) is 12.1 Å². The van der Waals surface area contributed by atoms with Crippen LogP contribution in [0.25, 0.3) is 0 Å². The minimum atomic E-state index is -1.21. The van der Waals surface area contributed by atoms with Gasteiger partial charge in [-0.25, -0.2) is 14.4 Å². The molecule has 1 rings (SSSR count). The van der Waals surface area contributed by atoms with Crippen molar-refractivity contribution in [3.63, 3.8) is 0 Å². The molecule has 0 aromatic carbocycles. The van der Waals surface area contributed by atoms with E-state index < -0.39 is 30.1 Å². The number of esters is 1. The molecule has 0 spiro atoms. The highest BCUT2D eigenvalue weighted by Gasteiger charge is 2.36. The van der Waals surface area contributed by atoms with Crippen molar-refractivity contribution < 1.29 is 24.2 Å². The number of urea groups is 1. The lowest BCUT2D eigenvalue weighted by Gasteiger charge is -2.24. The zero-order chi connectivity index (χ0) is 15.1. The van der Waals surface area contributed by atoms with E-state index in [4.69, 9.17) is 16.3 Å². The number of ether oxygens (including phenoxy) is 1. The van der Waals surface area contributed by atoms with E-state index in [9.17, 15) is 14.4 Å². The van der Waals surface area contributed by atoms with E-state index in [1.54, 1.807) is 6.92 Å². The number of nitrogens with one attached hydrogen (secondary N) is 1. The Morgan fingerprint density at radius 3 is 2.80 bits per heavy atom. The summed E-state index contributed by atoms with van der Waals surface area (Å²) in [4.78, 5) is 36.0. The van der Waals surface area contributed by atoms with Crippen molar-refractivity contribution in [2.75, 3.05) is 13.2 Å². The molecule has 0 saturated carbocycles. The highest BCUT2D eigenvalue weighted by Crippen LogP contribution is 2.18. The van der Waals surface area contributed by atoms with Crippen LogP contribution in [0.3, 0.4) is 0 Å². The molecule has 2 atom stereocenters. The second-order valence-electron chi connectivity index (χ2n) is 4.35. The highest BCUT2D eigenvalue weighted by molar-refractivity contribution is 5.87. The fourth-order valence-electron chi connectivity index (χ4n) is 2.04. The van der Waals surface area contributed by atoms with Gasteiger partial charge in [-0.2, -0.15) is 0 Å². The second-order valence-corrected chi connectivity index (χ2v) is 4.35. The van der Waals surface area contributed by atoms with Crippen LogP contribution >= 0.6 is 0 Å². The van der Waals surface area contributed by atoms with Gasteiger partial charge < -0.3 is 20.1 Å². The van der Waals surface area contributed by atoms with E-state index >= 15 is 0 Å². The molecular formula is C13H18N2O5. The van der Waals surface area contributed by atoms with Crippen molar-refractivity contribution in [2.45, 2.75) is 38.3 Å². The standard InChI is InChI=1S/C13H18N2O5/c1-3-6-9(11(16)17)14-13(19)15-8-5-7-10(15)12(18)20-4-2/h1,9-10H,4-8H2,2H3,(H,14,19)(H,16,17). The first-order chi connectivity index (χ1) is 9.51. The van der Waals surface area contributed by atoms with Gasteiger partial charge in [0.25, 0.3) is 0 Å². The average Bonchev–Trinajstić information content (AvgIpc) is 2.87. The predicted octanol–water partition coefficient (Wildman–Crippen LogP) is 0.200. The lowest BCUT2D eigenvalue weighted by Crippen LogP contribution is -2.51. The number of likely N-dealkylation sites (tertiary alicyclic amines) is 1. The van der Waals surface area contributed by atoms with Crippen LogP contribution in [-0.4, -0.2) is 53.2 Å². The Morgan fingerprint density at radius 2 is 2.25 bits per heavy atom. The lowest BCUT2D eigenvalue weighted by atomic mass is 10.2. The number of aliphatic carboxylic acids is 1. The number of terminal acetylenes is 1. The Labute approximate surface area is 117 Å². The van der Waals surface area contributed by atoms with Gasteiger partial charge in [0.15, 0.2) is 0 Å². The first kappa shape index (κ1) is 15.8. The van der Waals surface area contributed by atoms with Gasteiger partial charge >= 0.3 is 18.0 Å². The van der Waals surface area contributed by atoms with Crippen molar-refractivity contribution in [1.82, 2.24) is 10.2 Å². The van der Waals surface area contributed by atoms with E-state index in [-0.39, 0.29) is 13.0 Å². The van der Waals surface area contributed by atoms with Crippen LogP contribution in [-0.2, 0) is 14.3 Å². The average molecular weight is 282 g/mol. The topological polar surface area (TPSA) is 95.9 Å². The largest absolute Gasteiger partial charge is 0.480 e. The second kappa shape index (κ2) is 7.38. The SMILES string of the molecule is C#CCC(NC(=O)N1CCCC1C(=O)OCC)C(=O)O. The molecule has 0 aliphatic carbocycles. The fourth-order valence-corrected chi connectivity index (χ4v) is 2.04. The number of carboxylic acid groups (broad SMARTS) is 1. The number of carbonyl (C=O) groups is 3. The van der Waals surface area contributed by atoms with Crippen LogP contribution in [0.4, 0.5) is 4.79 Å². The number of hydrogen-bond acceptors (Lipinski definition) is 4. The summed E-state index contributed by atoms with van der Waals surface area (Å²) in [6, 6.07) is -2.42. The molecule has 1 aliphatic rings. The van der Waals surface area contributed by atoms with Crippen LogP contribution in [0.1, 0.15) is 26.2 Å². The molecule has 1 heterocycles. The summed E-state index contributed by atoms with van der Waals surface area (Å²) >= 11 is 0. The van der Waals surface area contributed by atoms with Crippen molar-refractivity contribution in [3.8, 4) is 12.3 Å². The van der Waals surface area contributed by atoms with E-state index in [0.29, 0.717) is 19.4 Å². The predicted molar refractivity (Wildman–Crippen MR) is 69.8 cm³/mol. The monoisotopic (exact) mass is 282 g/mol.